The van der Waals surface area contributed by atoms with Gasteiger partial charge in [0.05, 0.1) is 0 Å². The van der Waals surface area contributed by atoms with Crippen molar-refractivity contribution in [2.75, 3.05) is 17.2 Å². The Morgan fingerprint density at radius 3 is 2.50 bits per heavy atom. The molecule has 2 rings (SSSR count). The molecule has 7 heteroatoms. The molecule has 1 aromatic rings. The van der Waals surface area contributed by atoms with Gasteiger partial charge in [0.15, 0.2) is 5.82 Å². The maximum atomic E-state index is 12.4. The van der Waals surface area contributed by atoms with Gasteiger partial charge in [0, 0.05) is 6.04 Å². The number of aromatic amines is 1. The lowest BCUT2D eigenvalue weighted by Gasteiger charge is -2.23. The first-order valence-corrected chi connectivity index (χ1v) is 5.02. The molecule has 1 aliphatic rings. The molecule has 1 aromatic heterocycles. The number of hydrogen-bond acceptors (Lipinski definition) is 3. The number of alkyl halides is 3. The van der Waals surface area contributed by atoms with E-state index in [2.05, 4.69) is 9.97 Å². The van der Waals surface area contributed by atoms with Gasteiger partial charge in [-0.15, -0.1) is 0 Å². The standard InChI is InChI=1S/C9H13F3N4/c1-5-14-7(13)8(15-5)16(6-2-3-6)4-9(10,11)12/h6H,2-4,13H2,1H3,(H,14,15). The van der Waals surface area contributed by atoms with Gasteiger partial charge >= 0.3 is 6.18 Å². The Morgan fingerprint density at radius 1 is 1.50 bits per heavy atom. The molecule has 1 heterocycles. The number of anilines is 2. The zero-order chi connectivity index (χ0) is 11.9. The van der Waals surface area contributed by atoms with Crippen LogP contribution in [0, 0.1) is 6.92 Å². The second kappa shape index (κ2) is 3.57. The number of nitrogens with one attached hydrogen (secondary N) is 1. The molecule has 1 aliphatic carbocycles. The minimum absolute atomic E-state index is 0.0772. The monoisotopic (exact) mass is 234 g/mol. The molecule has 0 amide bonds. The van der Waals surface area contributed by atoms with E-state index < -0.39 is 12.7 Å². The lowest BCUT2D eigenvalue weighted by Crippen LogP contribution is -2.36. The predicted molar refractivity (Wildman–Crippen MR) is 54.2 cm³/mol. The number of nitrogens with zero attached hydrogens (tertiary/aromatic N) is 2. The molecule has 0 saturated heterocycles. The summed E-state index contributed by atoms with van der Waals surface area (Å²) in [5, 5.41) is 0. The maximum Gasteiger partial charge on any atom is 0.405 e. The molecule has 0 radical (unpaired) electrons. The van der Waals surface area contributed by atoms with E-state index in [1.165, 1.54) is 4.90 Å². The van der Waals surface area contributed by atoms with Crippen molar-refractivity contribution in [3.63, 3.8) is 0 Å². The Hall–Kier alpha value is -1.40. The van der Waals surface area contributed by atoms with Crippen molar-refractivity contribution in [1.82, 2.24) is 9.97 Å². The van der Waals surface area contributed by atoms with Crippen molar-refractivity contribution in [2.24, 2.45) is 0 Å². The van der Waals surface area contributed by atoms with Gasteiger partial charge in [-0.05, 0) is 19.8 Å². The smallest absolute Gasteiger partial charge is 0.382 e. The number of H-pyrrole nitrogens is 1. The van der Waals surface area contributed by atoms with Crippen LogP contribution >= 0.6 is 0 Å². The number of aryl methyl sites for hydroxylation is 1. The second-order valence-electron chi connectivity index (χ2n) is 4.03. The lowest BCUT2D eigenvalue weighted by atomic mass is 10.4. The van der Waals surface area contributed by atoms with Crippen LogP contribution in [0.2, 0.25) is 0 Å². The SMILES string of the molecule is Cc1nc(N(CC(F)(F)F)C2CC2)c(N)[nH]1. The van der Waals surface area contributed by atoms with Crippen LogP contribution in [0.4, 0.5) is 24.8 Å². The summed E-state index contributed by atoms with van der Waals surface area (Å²) in [7, 11) is 0. The molecule has 1 saturated carbocycles. The van der Waals surface area contributed by atoms with Crippen molar-refractivity contribution >= 4 is 11.6 Å². The van der Waals surface area contributed by atoms with Crippen LogP contribution in [0.15, 0.2) is 0 Å². The number of nitrogens with two attached hydrogens (primary N) is 1. The summed E-state index contributed by atoms with van der Waals surface area (Å²) >= 11 is 0. The van der Waals surface area contributed by atoms with Crippen LogP contribution in [0.25, 0.3) is 0 Å². The Labute approximate surface area is 90.6 Å². The summed E-state index contributed by atoms with van der Waals surface area (Å²) in [6.07, 6.45) is -2.70. The largest absolute Gasteiger partial charge is 0.405 e. The highest BCUT2D eigenvalue weighted by atomic mass is 19.4. The van der Waals surface area contributed by atoms with Gasteiger partial charge in [-0.3, -0.25) is 0 Å². The molecular formula is C9H13F3N4. The van der Waals surface area contributed by atoms with Crippen molar-refractivity contribution in [3.05, 3.63) is 5.82 Å². The molecule has 0 aliphatic heterocycles. The Bertz CT molecular complexity index is 381. The normalized spacial score (nSPS) is 16.5. The molecule has 4 nitrogen and oxygen atoms in total. The summed E-state index contributed by atoms with van der Waals surface area (Å²) in [6, 6.07) is -0.0772. The quantitative estimate of drug-likeness (QED) is 0.838. The van der Waals surface area contributed by atoms with Gasteiger partial charge < -0.3 is 15.6 Å². The molecule has 1 fully saturated rings. The van der Waals surface area contributed by atoms with Crippen LogP contribution in [-0.4, -0.2) is 28.7 Å². The van der Waals surface area contributed by atoms with Crippen LogP contribution in [0.5, 0.6) is 0 Å². The first kappa shape index (κ1) is 11.1. The highest BCUT2D eigenvalue weighted by Gasteiger charge is 2.39. The average molecular weight is 234 g/mol. The Balaban J connectivity index is 2.22. The van der Waals surface area contributed by atoms with Crippen molar-refractivity contribution in [1.29, 1.82) is 0 Å². The first-order chi connectivity index (χ1) is 7.37. The molecular weight excluding hydrogens is 221 g/mol. The van der Waals surface area contributed by atoms with E-state index in [1.807, 2.05) is 0 Å². The van der Waals surface area contributed by atoms with Crippen LogP contribution < -0.4 is 10.6 Å². The molecule has 16 heavy (non-hydrogen) atoms. The van der Waals surface area contributed by atoms with Gasteiger partial charge in [-0.1, -0.05) is 0 Å². The van der Waals surface area contributed by atoms with E-state index in [1.54, 1.807) is 6.92 Å². The first-order valence-electron chi connectivity index (χ1n) is 5.02. The number of imidazole rings is 1. The fraction of sp³-hybridized carbons (Fsp3) is 0.667. The van der Waals surface area contributed by atoms with Crippen LogP contribution in [-0.2, 0) is 0 Å². The minimum atomic E-state index is -4.23. The van der Waals surface area contributed by atoms with Gasteiger partial charge in [-0.25, -0.2) is 4.98 Å². The molecule has 0 unspecified atom stereocenters. The molecule has 3 N–H and O–H groups in total. The Morgan fingerprint density at radius 2 is 2.12 bits per heavy atom. The topological polar surface area (TPSA) is 57.9 Å². The summed E-state index contributed by atoms with van der Waals surface area (Å²) in [4.78, 5) is 7.95. The molecule has 0 spiro atoms. The third-order valence-corrected chi connectivity index (χ3v) is 2.44. The fourth-order valence-electron chi connectivity index (χ4n) is 1.67. The summed E-state index contributed by atoms with van der Waals surface area (Å²) < 4.78 is 37.2. The molecule has 90 valence electrons. The number of aromatic nitrogens is 2. The van der Waals surface area contributed by atoms with Crippen molar-refractivity contribution < 1.29 is 13.2 Å². The van der Waals surface area contributed by atoms with E-state index in [0.29, 0.717) is 5.82 Å². The average Bonchev–Trinajstić information content (AvgIpc) is 2.87. The Kier molecular flexibility index (Phi) is 2.47. The predicted octanol–water partition coefficient (Wildman–Crippen LogP) is 1.83. The maximum absolute atomic E-state index is 12.4. The van der Waals surface area contributed by atoms with E-state index in [4.69, 9.17) is 5.73 Å². The van der Waals surface area contributed by atoms with Crippen molar-refractivity contribution in [3.8, 4) is 0 Å². The zero-order valence-corrected chi connectivity index (χ0v) is 8.80. The van der Waals surface area contributed by atoms with E-state index in [0.717, 1.165) is 12.8 Å². The number of rotatable bonds is 3. The van der Waals surface area contributed by atoms with Gasteiger partial charge in [-0.2, -0.15) is 13.2 Å². The second-order valence-corrected chi connectivity index (χ2v) is 4.03. The van der Waals surface area contributed by atoms with Crippen LogP contribution in [0.1, 0.15) is 18.7 Å². The van der Waals surface area contributed by atoms with E-state index in [-0.39, 0.29) is 17.7 Å². The summed E-state index contributed by atoms with van der Waals surface area (Å²) in [5.41, 5.74) is 5.60. The zero-order valence-electron chi connectivity index (χ0n) is 8.80. The number of nitrogen functional groups attached to an aromatic ring is 1. The minimum Gasteiger partial charge on any atom is -0.382 e. The van der Waals surface area contributed by atoms with Gasteiger partial charge in [0.2, 0.25) is 0 Å². The fourth-order valence-corrected chi connectivity index (χ4v) is 1.67. The van der Waals surface area contributed by atoms with E-state index >= 15 is 0 Å². The molecule has 0 aromatic carbocycles. The number of halogens is 3. The highest BCUT2D eigenvalue weighted by Crippen LogP contribution is 2.35. The van der Waals surface area contributed by atoms with Gasteiger partial charge in [0.25, 0.3) is 0 Å². The summed E-state index contributed by atoms with van der Waals surface area (Å²) in [6.45, 7) is 0.671. The van der Waals surface area contributed by atoms with E-state index in [9.17, 15) is 13.2 Å². The van der Waals surface area contributed by atoms with Gasteiger partial charge in [0.1, 0.15) is 18.2 Å². The number of hydrogen-bond donors (Lipinski definition) is 2. The van der Waals surface area contributed by atoms with Crippen molar-refractivity contribution in [2.45, 2.75) is 32.0 Å². The lowest BCUT2D eigenvalue weighted by molar-refractivity contribution is -0.120. The van der Waals surface area contributed by atoms with Crippen LogP contribution in [0.3, 0.4) is 0 Å². The third kappa shape index (κ3) is 2.40. The third-order valence-electron chi connectivity index (χ3n) is 2.44. The molecule has 0 atom stereocenters. The summed E-state index contributed by atoms with van der Waals surface area (Å²) in [5.74, 6) is 0.950. The highest BCUT2D eigenvalue weighted by molar-refractivity contribution is 5.60. The molecule has 0 bridgehead atoms.